The first-order valence-electron chi connectivity index (χ1n) is 6.26. The minimum Gasteiger partial charge on any atom is -0.327 e. The zero-order chi connectivity index (χ0) is 14.7. The molecular weight excluding hydrogens is 329 g/mol. The molecule has 2 unspecified atom stereocenters. The van der Waals surface area contributed by atoms with Crippen LogP contribution in [0.25, 0.3) is 11.3 Å². The number of rotatable bonds is 4. The van der Waals surface area contributed by atoms with E-state index in [1.807, 2.05) is 29.6 Å². The van der Waals surface area contributed by atoms with Gasteiger partial charge in [0.1, 0.15) is 0 Å². The van der Waals surface area contributed by atoms with Crippen LogP contribution in [0.3, 0.4) is 0 Å². The van der Waals surface area contributed by atoms with Gasteiger partial charge < -0.3 is 11.1 Å². The predicted molar refractivity (Wildman–Crippen MR) is 91.3 cm³/mol. The number of carbonyl (C=O) groups is 1. The first kappa shape index (κ1) is 17.9. The van der Waals surface area contributed by atoms with Crippen LogP contribution in [0.15, 0.2) is 29.6 Å². The number of halogens is 2. The molecule has 0 aliphatic rings. The van der Waals surface area contributed by atoms with E-state index in [0.717, 1.165) is 11.3 Å². The van der Waals surface area contributed by atoms with Gasteiger partial charge in [-0.15, -0.1) is 23.7 Å². The molecule has 2 rings (SSSR count). The van der Waals surface area contributed by atoms with E-state index in [1.54, 1.807) is 13.8 Å². The molecule has 0 spiro atoms. The normalized spacial score (nSPS) is 13.1. The summed E-state index contributed by atoms with van der Waals surface area (Å²) in [5.41, 5.74) is 7.32. The summed E-state index contributed by atoms with van der Waals surface area (Å²) in [5, 5.41) is 5.84. The Morgan fingerprint density at radius 2 is 2.05 bits per heavy atom. The van der Waals surface area contributed by atoms with E-state index in [4.69, 9.17) is 17.3 Å². The molecule has 3 N–H and O–H groups in total. The van der Waals surface area contributed by atoms with E-state index in [2.05, 4.69) is 10.3 Å². The molecule has 1 aromatic carbocycles. The van der Waals surface area contributed by atoms with E-state index in [9.17, 15) is 4.79 Å². The average molecular weight is 346 g/mol. The highest BCUT2D eigenvalue weighted by Gasteiger charge is 2.18. The highest BCUT2D eigenvalue weighted by Crippen LogP contribution is 2.30. The average Bonchev–Trinajstić information content (AvgIpc) is 2.86. The van der Waals surface area contributed by atoms with Crippen LogP contribution in [0.2, 0.25) is 5.02 Å². The van der Waals surface area contributed by atoms with Gasteiger partial charge in [0.05, 0.1) is 11.6 Å². The zero-order valence-electron chi connectivity index (χ0n) is 11.7. The van der Waals surface area contributed by atoms with Crippen molar-refractivity contribution in [1.82, 2.24) is 4.98 Å². The lowest BCUT2D eigenvalue weighted by atomic mass is 10.0. The highest BCUT2D eigenvalue weighted by atomic mass is 35.5. The number of benzene rings is 1. The number of anilines is 1. The van der Waals surface area contributed by atoms with Crippen molar-refractivity contribution in [1.29, 1.82) is 0 Å². The number of hydrogen-bond donors (Lipinski definition) is 2. The van der Waals surface area contributed by atoms with Crippen molar-refractivity contribution in [2.75, 3.05) is 5.32 Å². The minimum atomic E-state index is -0.261. The zero-order valence-corrected chi connectivity index (χ0v) is 14.1. The molecule has 1 heterocycles. The van der Waals surface area contributed by atoms with Crippen LogP contribution < -0.4 is 11.1 Å². The van der Waals surface area contributed by atoms with E-state index in [1.165, 1.54) is 11.3 Å². The van der Waals surface area contributed by atoms with Crippen LogP contribution in [0.1, 0.15) is 13.8 Å². The summed E-state index contributed by atoms with van der Waals surface area (Å²) >= 11 is 7.49. The second-order valence-corrected chi connectivity index (χ2v) is 5.92. The van der Waals surface area contributed by atoms with Gasteiger partial charge in [-0.2, -0.15) is 0 Å². The van der Waals surface area contributed by atoms with Crippen LogP contribution in [0, 0.1) is 5.92 Å². The monoisotopic (exact) mass is 345 g/mol. The molecule has 2 aromatic rings. The van der Waals surface area contributed by atoms with Gasteiger partial charge in [0.2, 0.25) is 5.91 Å². The fourth-order valence-electron chi connectivity index (χ4n) is 1.58. The number of amides is 1. The van der Waals surface area contributed by atoms with E-state index >= 15 is 0 Å². The summed E-state index contributed by atoms with van der Waals surface area (Å²) in [4.78, 5) is 16.3. The fourth-order valence-corrected chi connectivity index (χ4v) is 2.53. The summed E-state index contributed by atoms with van der Waals surface area (Å²) < 4.78 is 0. The minimum absolute atomic E-state index is 0. The topological polar surface area (TPSA) is 68.0 Å². The SMILES string of the molecule is CC(N)C(C)C(=O)Nc1nc(-c2ccccc2Cl)cs1.Cl. The molecule has 7 heteroatoms. The van der Waals surface area contributed by atoms with Gasteiger partial charge in [0, 0.05) is 22.0 Å². The number of carbonyl (C=O) groups excluding carboxylic acids is 1. The van der Waals surface area contributed by atoms with Crippen molar-refractivity contribution in [2.24, 2.45) is 11.7 Å². The third kappa shape index (κ3) is 4.41. The van der Waals surface area contributed by atoms with Crippen molar-refractivity contribution in [3.63, 3.8) is 0 Å². The predicted octanol–water partition coefficient (Wildman–Crippen LogP) is 3.81. The van der Waals surface area contributed by atoms with Gasteiger partial charge in [-0.05, 0) is 13.0 Å². The fraction of sp³-hybridized carbons (Fsp3) is 0.286. The Labute approximate surface area is 139 Å². The molecule has 0 saturated heterocycles. The first-order chi connectivity index (χ1) is 9.49. The molecule has 0 aliphatic carbocycles. The van der Waals surface area contributed by atoms with Crippen molar-refractivity contribution < 1.29 is 4.79 Å². The van der Waals surface area contributed by atoms with Crippen molar-refractivity contribution in [3.05, 3.63) is 34.7 Å². The number of nitrogens with two attached hydrogens (primary N) is 1. The maximum atomic E-state index is 11.9. The first-order valence-corrected chi connectivity index (χ1v) is 7.51. The lowest BCUT2D eigenvalue weighted by Gasteiger charge is -2.13. The summed E-state index contributed by atoms with van der Waals surface area (Å²) in [6.45, 7) is 3.60. The van der Waals surface area contributed by atoms with Gasteiger partial charge in [-0.25, -0.2) is 4.98 Å². The van der Waals surface area contributed by atoms with Crippen molar-refractivity contribution in [3.8, 4) is 11.3 Å². The van der Waals surface area contributed by atoms with Crippen LogP contribution in [0.4, 0.5) is 5.13 Å². The van der Waals surface area contributed by atoms with E-state index in [0.29, 0.717) is 10.2 Å². The second-order valence-electron chi connectivity index (χ2n) is 4.65. The van der Waals surface area contributed by atoms with Crippen LogP contribution in [0.5, 0.6) is 0 Å². The Morgan fingerprint density at radius 1 is 1.38 bits per heavy atom. The third-order valence-corrected chi connectivity index (χ3v) is 4.17. The largest absolute Gasteiger partial charge is 0.327 e. The number of hydrogen-bond acceptors (Lipinski definition) is 4. The molecule has 4 nitrogen and oxygen atoms in total. The van der Waals surface area contributed by atoms with Gasteiger partial charge in [0.25, 0.3) is 0 Å². The van der Waals surface area contributed by atoms with Crippen molar-refractivity contribution in [2.45, 2.75) is 19.9 Å². The molecule has 2 atom stereocenters. The number of nitrogens with one attached hydrogen (secondary N) is 1. The van der Waals surface area contributed by atoms with Crippen molar-refractivity contribution >= 4 is 46.4 Å². The molecule has 0 bridgehead atoms. The van der Waals surface area contributed by atoms with Gasteiger partial charge in [-0.1, -0.05) is 36.7 Å². The molecule has 1 aromatic heterocycles. The number of aromatic nitrogens is 1. The maximum absolute atomic E-state index is 11.9. The smallest absolute Gasteiger partial charge is 0.230 e. The standard InChI is InChI=1S/C14H16ClN3OS.ClH/c1-8(9(2)16)13(19)18-14-17-12(7-20-14)10-5-3-4-6-11(10)15;/h3-9H,16H2,1-2H3,(H,17,18,19);1H. The number of nitrogens with zero attached hydrogens (tertiary/aromatic N) is 1. The Kier molecular flexibility index (Phi) is 6.61. The van der Waals surface area contributed by atoms with Crippen LogP contribution in [-0.2, 0) is 4.79 Å². The Hall–Kier alpha value is -1.14. The summed E-state index contributed by atoms with van der Waals surface area (Å²) in [7, 11) is 0. The second kappa shape index (κ2) is 7.75. The Morgan fingerprint density at radius 3 is 2.67 bits per heavy atom. The molecule has 0 saturated carbocycles. The van der Waals surface area contributed by atoms with E-state index in [-0.39, 0.29) is 30.3 Å². The van der Waals surface area contributed by atoms with Crippen LogP contribution in [-0.4, -0.2) is 16.9 Å². The highest BCUT2D eigenvalue weighted by molar-refractivity contribution is 7.14. The summed E-state index contributed by atoms with van der Waals surface area (Å²) in [5.74, 6) is -0.386. The molecule has 21 heavy (non-hydrogen) atoms. The summed E-state index contributed by atoms with van der Waals surface area (Å²) in [6.07, 6.45) is 0. The molecular formula is C14H17Cl2N3OS. The number of thiazole rings is 1. The molecule has 114 valence electrons. The lowest BCUT2D eigenvalue weighted by Crippen LogP contribution is -2.34. The molecule has 0 aliphatic heterocycles. The molecule has 1 amide bonds. The maximum Gasteiger partial charge on any atom is 0.230 e. The lowest BCUT2D eigenvalue weighted by molar-refractivity contribution is -0.119. The molecule has 0 radical (unpaired) electrons. The Bertz CT molecular complexity index is 616. The molecule has 0 fully saturated rings. The van der Waals surface area contributed by atoms with Gasteiger partial charge in [-0.3, -0.25) is 4.79 Å². The van der Waals surface area contributed by atoms with Gasteiger partial charge >= 0.3 is 0 Å². The van der Waals surface area contributed by atoms with Gasteiger partial charge in [0.15, 0.2) is 5.13 Å². The van der Waals surface area contributed by atoms with Crippen LogP contribution >= 0.6 is 35.3 Å². The quantitative estimate of drug-likeness (QED) is 0.885. The summed E-state index contributed by atoms with van der Waals surface area (Å²) in [6, 6.07) is 7.28. The Balaban J connectivity index is 0.00000220. The van der Waals surface area contributed by atoms with E-state index < -0.39 is 0 Å². The third-order valence-electron chi connectivity index (χ3n) is 3.09.